The Labute approximate surface area is 120 Å². The summed E-state index contributed by atoms with van der Waals surface area (Å²) in [4.78, 5) is 2.38. The van der Waals surface area contributed by atoms with E-state index in [0.717, 1.165) is 25.2 Å². The molecule has 1 atom stereocenters. The van der Waals surface area contributed by atoms with Gasteiger partial charge in [0.05, 0.1) is 0 Å². The number of halogens is 1. The predicted octanol–water partition coefficient (Wildman–Crippen LogP) is 3.01. The lowest BCUT2D eigenvalue weighted by Gasteiger charge is -2.29. The molecule has 4 heteroatoms. The van der Waals surface area contributed by atoms with E-state index in [9.17, 15) is 5.11 Å². The zero-order valence-corrected chi connectivity index (χ0v) is 12.5. The number of nitrogens with one attached hydrogen (secondary N) is 1. The Morgan fingerprint density at radius 1 is 1.47 bits per heavy atom. The molecule has 19 heavy (non-hydrogen) atoms. The lowest BCUT2D eigenvalue weighted by Crippen LogP contribution is -2.40. The minimum Gasteiger partial charge on any atom is -0.508 e. The molecule has 1 unspecified atom stereocenters. The van der Waals surface area contributed by atoms with Crippen LogP contribution in [0.1, 0.15) is 32.3 Å². The smallest absolute Gasteiger partial charge is 0.120 e. The van der Waals surface area contributed by atoms with Gasteiger partial charge in [0, 0.05) is 35.8 Å². The second-order valence-corrected chi connectivity index (χ2v) is 6.03. The molecule has 1 fully saturated rings. The van der Waals surface area contributed by atoms with Crippen molar-refractivity contribution >= 4 is 11.6 Å². The fraction of sp³-hybridized carbons (Fsp3) is 0.600. The van der Waals surface area contributed by atoms with Crippen LogP contribution in [-0.2, 0) is 6.54 Å². The van der Waals surface area contributed by atoms with Gasteiger partial charge in [0.2, 0.25) is 0 Å². The van der Waals surface area contributed by atoms with Crippen LogP contribution in [0.4, 0.5) is 0 Å². The number of benzene rings is 1. The van der Waals surface area contributed by atoms with Gasteiger partial charge in [-0.15, -0.1) is 0 Å². The molecule has 1 aromatic rings. The zero-order valence-electron chi connectivity index (χ0n) is 11.7. The molecule has 1 saturated heterocycles. The maximum atomic E-state index is 9.93. The molecule has 1 aliphatic rings. The first-order valence-electron chi connectivity index (χ1n) is 7.01. The summed E-state index contributed by atoms with van der Waals surface area (Å²) in [7, 11) is 0. The van der Waals surface area contributed by atoms with Crippen LogP contribution in [0, 0.1) is 0 Å². The molecule has 3 nitrogen and oxygen atoms in total. The average molecular weight is 283 g/mol. The summed E-state index contributed by atoms with van der Waals surface area (Å²) in [6.07, 6.45) is 2.50. The topological polar surface area (TPSA) is 35.5 Å². The van der Waals surface area contributed by atoms with Gasteiger partial charge < -0.3 is 10.4 Å². The summed E-state index contributed by atoms with van der Waals surface area (Å²) >= 11 is 6.01. The quantitative estimate of drug-likeness (QED) is 0.871. The third-order valence-electron chi connectivity index (χ3n) is 3.76. The van der Waals surface area contributed by atoms with Gasteiger partial charge in [0.15, 0.2) is 0 Å². The molecule has 0 spiro atoms. The van der Waals surface area contributed by atoms with Crippen molar-refractivity contribution in [1.82, 2.24) is 10.2 Å². The van der Waals surface area contributed by atoms with Gasteiger partial charge in [-0.3, -0.25) is 4.90 Å². The van der Waals surface area contributed by atoms with E-state index in [1.807, 2.05) is 6.07 Å². The molecular weight excluding hydrogens is 260 g/mol. The highest BCUT2D eigenvalue weighted by Gasteiger charge is 2.20. The number of phenolic OH excluding ortho intramolecular Hbond substituents is 1. The van der Waals surface area contributed by atoms with Crippen molar-refractivity contribution in [3.05, 3.63) is 28.8 Å². The Bertz CT molecular complexity index is 417. The summed E-state index contributed by atoms with van der Waals surface area (Å²) in [6.45, 7) is 7.26. The summed E-state index contributed by atoms with van der Waals surface area (Å²) < 4.78 is 0. The molecule has 1 aliphatic heterocycles. The Morgan fingerprint density at radius 3 is 2.89 bits per heavy atom. The zero-order chi connectivity index (χ0) is 13.8. The Balaban J connectivity index is 2.04. The number of hydrogen-bond acceptors (Lipinski definition) is 3. The largest absolute Gasteiger partial charge is 0.508 e. The summed E-state index contributed by atoms with van der Waals surface area (Å²) in [5.74, 6) is 0.328. The highest BCUT2D eigenvalue weighted by molar-refractivity contribution is 6.30. The molecule has 0 saturated carbocycles. The van der Waals surface area contributed by atoms with Crippen LogP contribution in [0.2, 0.25) is 5.02 Å². The highest BCUT2D eigenvalue weighted by Crippen LogP contribution is 2.24. The van der Waals surface area contributed by atoms with Crippen LogP contribution in [0.25, 0.3) is 0 Å². The maximum absolute atomic E-state index is 9.93. The van der Waals surface area contributed by atoms with Crippen molar-refractivity contribution in [2.75, 3.05) is 13.1 Å². The van der Waals surface area contributed by atoms with E-state index >= 15 is 0 Å². The third kappa shape index (κ3) is 4.10. The molecule has 106 valence electrons. The molecule has 0 amide bonds. The Kier molecular flexibility index (Phi) is 5.08. The highest BCUT2D eigenvalue weighted by atomic mass is 35.5. The fourth-order valence-electron chi connectivity index (χ4n) is 2.55. The number of rotatable bonds is 5. The first kappa shape index (κ1) is 14.6. The van der Waals surface area contributed by atoms with Crippen molar-refractivity contribution in [2.24, 2.45) is 0 Å². The third-order valence-corrected chi connectivity index (χ3v) is 4.00. The molecule has 0 radical (unpaired) electrons. The lowest BCUT2D eigenvalue weighted by molar-refractivity contribution is 0.192. The van der Waals surface area contributed by atoms with Crippen LogP contribution < -0.4 is 5.32 Å². The van der Waals surface area contributed by atoms with E-state index in [1.165, 1.54) is 12.8 Å². The number of hydrogen-bond donors (Lipinski definition) is 2. The van der Waals surface area contributed by atoms with Crippen LogP contribution in [0.15, 0.2) is 18.2 Å². The summed E-state index contributed by atoms with van der Waals surface area (Å²) in [5.41, 5.74) is 0.902. The molecular formula is C15H23ClN2O. The predicted molar refractivity (Wildman–Crippen MR) is 79.7 cm³/mol. The van der Waals surface area contributed by atoms with E-state index < -0.39 is 0 Å². The average Bonchev–Trinajstić information content (AvgIpc) is 2.85. The SMILES string of the molecule is CC(C)N(Cc1cc(Cl)ccc1O)CC1CCCN1. The van der Waals surface area contributed by atoms with E-state index in [4.69, 9.17) is 11.6 Å². The van der Waals surface area contributed by atoms with Crippen LogP contribution in [-0.4, -0.2) is 35.2 Å². The van der Waals surface area contributed by atoms with Crippen LogP contribution in [0.3, 0.4) is 0 Å². The first-order valence-corrected chi connectivity index (χ1v) is 7.39. The van der Waals surface area contributed by atoms with Gasteiger partial charge in [-0.25, -0.2) is 0 Å². The van der Waals surface area contributed by atoms with Crippen molar-refractivity contribution in [1.29, 1.82) is 0 Å². The van der Waals surface area contributed by atoms with Gasteiger partial charge in [-0.1, -0.05) is 11.6 Å². The second kappa shape index (κ2) is 6.60. The van der Waals surface area contributed by atoms with E-state index in [2.05, 4.69) is 24.1 Å². The van der Waals surface area contributed by atoms with Crippen molar-refractivity contribution in [3.63, 3.8) is 0 Å². The van der Waals surface area contributed by atoms with Gasteiger partial charge in [0.25, 0.3) is 0 Å². The molecule has 1 aromatic carbocycles. The monoisotopic (exact) mass is 282 g/mol. The van der Waals surface area contributed by atoms with E-state index in [0.29, 0.717) is 22.9 Å². The van der Waals surface area contributed by atoms with E-state index in [1.54, 1.807) is 12.1 Å². The van der Waals surface area contributed by atoms with Gasteiger partial charge in [-0.2, -0.15) is 0 Å². The molecule has 0 bridgehead atoms. The number of aromatic hydroxyl groups is 1. The van der Waals surface area contributed by atoms with Crippen molar-refractivity contribution in [3.8, 4) is 5.75 Å². The summed E-state index contributed by atoms with van der Waals surface area (Å²) in [5, 5.41) is 14.1. The first-order chi connectivity index (χ1) is 9.06. The van der Waals surface area contributed by atoms with Gasteiger partial charge in [-0.05, 0) is 51.4 Å². The molecule has 2 N–H and O–H groups in total. The fourth-order valence-corrected chi connectivity index (χ4v) is 2.75. The van der Waals surface area contributed by atoms with Crippen LogP contribution >= 0.6 is 11.6 Å². The standard InChI is InChI=1S/C15H23ClN2O/c1-11(2)18(10-14-4-3-7-17-14)9-12-8-13(16)5-6-15(12)19/h5-6,8,11,14,17,19H,3-4,7,9-10H2,1-2H3. The lowest BCUT2D eigenvalue weighted by atomic mass is 10.1. The molecule has 0 aromatic heterocycles. The Hall–Kier alpha value is -0.770. The normalized spacial score (nSPS) is 19.5. The van der Waals surface area contributed by atoms with E-state index in [-0.39, 0.29) is 0 Å². The van der Waals surface area contributed by atoms with Gasteiger partial charge >= 0.3 is 0 Å². The number of phenols is 1. The van der Waals surface area contributed by atoms with Crippen LogP contribution in [0.5, 0.6) is 5.75 Å². The second-order valence-electron chi connectivity index (χ2n) is 5.59. The van der Waals surface area contributed by atoms with Crippen molar-refractivity contribution in [2.45, 2.75) is 45.3 Å². The minimum atomic E-state index is 0.328. The summed E-state index contributed by atoms with van der Waals surface area (Å²) in [6, 6.07) is 6.27. The van der Waals surface area contributed by atoms with Crippen molar-refractivity contribution < 1.29 is 5.11 Å². The molecule has 1 heterocycles. The maximum Gasteiger partial charge on any atom is 0.120 e. The minimum absolute atomic E-state index is 0.328. The molecule has 2 rings (SSSR count). The van der Waals surface area contributed by atoms with Gasteiger partial charge in [0.1, 0.15) is 5.75 Å². The molecule has 0 aliphatic carbocycles. The Morgan fingerprint density at radius 2 is 2.26 bits per heavy atom. The number of nitrogens with zero attached hydrogens (tertiary/aromatic N) is 1.